The van der Waals surface area contributed by atoms with Crippen LogP contribution in [0.3, 0.4) is 0 Å². The first-order valence-corrected chi connectivity index (χ1v) is 9.90. The molecule has 0 unspecified atom stereocenters. The Balaban J connectivity index is 1.59. The highest BCUT2D eigenvalue weighted by Crippen LogP contribution is 2.09. The van der Waals surface area contributed by atoms with Crippen LogP contribution in [0.25, 0.3) is 0 Å². The van der Waals surface area contributed by atoms with Gasteiger partial charge < -0.3 is 15.4 Å². The van der Waals surface area contributed by atoms with Gasteiger partial charge in [0, 0.05) is 11.3 Å². The molecule has 0 aliphatic carbocycles. The van der Waals surface area contributed by atoms with Gasteiger partial charge in [0.15, 0.2) is 0 Å². The summed E-state index contributed by atoms with van der Waals surface area (Å²) in [6, 6.07) is 22.2. The summed E-state index contributed by atoms with van der Waals surface area (Å²) in [7, 11) is 0. The van der Waals surface area contributed by atoms with Crippen LogP contribution in [0.4, 0.5) is 4.79 Å². The zero-order valence-electron chi connectivity index (χ0n) is 15.3. The number of carbonyl (C=O) groups excluding carboxylic acids is 2. The highest BCUT2D eigenvalue weighted by atomic mass is 32.1. The third-order valence-corrected chi connectivity index (χ3v) is 5.00. The zero-order chi connectivity index (χ0) is 19.6. The highest BCUT2D eigenvalue weighted by molar-refractivity contribution is 7.09. The molecule has 28 heavy (non-hydrogen) atoms. The molecule has 0 aliphatic heterocycles. The lowest BCUT2D eigenvalue weighted by atomic mass is 10.1. The van der Waals surface area contributed by atoms with Crippen LogP contribution in [0.5, 0.6) is 0 Å². The summed E-state index contributed by atoms with van der Waals surface area (Å²) in [5.41, 5.74) is 1.85. The standard InChI is InChI=1S/C22H22N2O3S/c25-21(23-15-19-12-7-13-28-19)20(14-17-8-3-1-4-9-17)24-22(26)27-16-18-10-5-2-6-11-18/h1-13,20H,14-16H2,(H,23,25)(H,24,26)/t20-/m1/s1. The summed E-state index contributed by atoms with van der Waals surface area (Å²) >= 11 is 1.57. The average Bonchev–Trinajstić information content (AvgIpc) is 3.25. The molecular formula is C22H22N2O3S. The quantitative estimate of drug-likeness (QED) is 0.609. The predicted molar refractivity (Wildman–Crippen MR) is 110 cm³/mol. The maximum Gasteiger partial charge on any atom is 0.408 e. The third kappa shape index (κ3) is 6.25. The fraction of sp³-hybridized carbons (Fsp3) is 0.182. The normalized spacial score (nSPS) is 11.4. The van der Waals surface area contributed by atoms with Gasteiger partial charge in [0.25, 0.3) is 0 Å². The van der Waals surface area contributed by atoms with Crippen molar-refractivity contribution in [1.82, 2.24) is 10.6 Å². The SMILES string of the molecule is O=C(N[C@H](Cc1ccccc1)C(=O)NCc1cccs1)OCc1ccccc1. The van der Waals surface area contributed by atoms with E-state index in [1.165, 1.54) is 0 Å². The van der Waals surface area contributed by atoms with E-state index >= 15 is 0 Å². The molecule has 3 aromatic rings. The smallest absolute Gasteiger partial charge is 0.408 e. The van der Waals surface area contributed by atoms with E-state index in [0.717, 1.165) is 16.0 Å². The van der Waals surface area contributed by atoms with Crippen LogP contribution in [0, 0.1) is 0 Å². The molecule has 2 aromatic carbocycles. The van der Waals surface area contributed by atoms with E-state index in [1.54, 1.807) is 11.3 Å². The molecule has 0 saturated heterocycles. The summed E-state index contributed by atoms with van der Waals surface area (Å²) in [5.74, 6) is -0.242. The molecule has 6 heteroatoms. The first-order chi connectivity index (χ1) is 13.7. The molecule has 0 aliphatic rings. The molecule has 144 valence electrons. The predicted octanol–water partition coefficient (Wildman–Crippen LogP) is 3.90. The fourth-order valence-electron chi connectivity index (χ4n) is 2.68. The highest BCUT2D eigenvalue weighted by Gasteiger charge is 2.22. The van der Waals surface area contributed by atoms with Crippen LogP contribution in [-0.4, -0.2) is 18.0 Å². The van der Waals surface area contributed by atoms with E-state index in [4.69, 9.17) is 4.74 Å². The van der Waals surface area contributed by atoms with E-state index < -0.39 is 12.1 Å². The Bertz CT molecular complexity index is 867. The summed E-state index contributed by atoms with van der Waals surface area (Å²) in [4.78, 5) is 26.0. The lowest BCUT2D eigenvalue weighted by molar-refractivity contribution is -0.123. The number of hydrogen-bond donors (Lipinski definition) is 2. The Hall–Kier alpha value is -3.12. The molecule has 0 saturated carbocycles. The zero-order valence-corrected chi connectivity index (χ0v) is 16.2. The fourth-order valence-corrected chi connectivity index (χ4v) is 3.32. The minimum absolute atomic E-state index is 0.154. The van der Waals surface area contributed by atoms with Gasteiger partial charge in [-0.3, -0.25) is 4.79 Å². The van der Waals surface area contributed by atoms with Gasteiger partial charge in [-0.15, -0.1) is 11.3 Å². The molecule has 3 rings (SSSR count). The molecule has 1 aromatic heterocycles. The second kappa shape index (κ2) is 10.3. The lowest BCUT2D eigenvalue weighted by Crippen LogP contribution is -2.47. The van der Waals surface area contributed by atoms with Crippen LogP contribution in [0.15, 0.2) is 78.2 Å². The largest absolute Gasteiger partial charge is 0.445 e. The van der Waals surface area contributed by atoms with Crippen molar-refractivity contribution in [2.75, 3.05) is 0 Å². The van der Waals surface area contributed by atoms with Gasteiger partial charge in [-0.25, -0.2) is 4.79 Å². The molecule has 5 nitrogen and oxygen atoms in total. The lowest BCUT2D eigenvalue weighted by Gasteiger charge is -2.18. The molecular weight excluding hydrogens is 372 g/mol. The van der Waals surface area contributed by atoms with E-state index in [2.05, 4.69) is 10.6 Å². The van der Waals surface area contributed by atoms with Crippen molar-refractivity contribution < 1.29 is 14.3 Å². The first-order valence-electron chi connectivity index (χ1n) is 9.02. The van der Waals surface area contributed by atoms with Gasteiger partial charge in [-0.1, -0.05) is 66.7 Å². The van der Waals surface area contributed by atoms with E-state index in [0.29, 0.717) is 13.0 Å². The number of hydrogen-bond acceptors (Lipinski definition) is 4. The van der Waals surface area contributed by atoms with Crippen LogP contribution >= 0.6 is 11.3 Å². The second-order valence-electron chi connectivity index (χ2n) is 6.25. The molecule has 0 spiro atoms. The van der Waals surface area contributed by atoms with E-state index in [1.807, 2.05) is 78.2 Å². The number of carbonyl (C=O) groups is 2. The number of benzene rings is 2. The van der Waals surface area contributed by atoms with Crippen LogP contribution in [0.1, 0.15) is 16.0 Å². The maximum absolute atomic E-state index is 12.7. The van der Waals surface area contributed by atoms with Gasteiger partial charge in [0.2, 0.25) is 5.91 Å². The number of nitrogens with one attached hydrogen (secondary N) is 2. The molecule has 1 heterocycles. The molecule has 1 atom stereocenters. The van der Waals surface area contributed by atoms with Crippen molar-refractivity contribution in [1.29, 1.82) is 0 Å². The van der Waals surface area contributed by atoms with Gasteiger partial charge in [0.05, 0.1) is 6.54 Å². The summed E-state index contributed by atoms with van der Waals surface area (Å²) in [6.45, 7) is 0.587. The van der Waals surface area contributed by atoms with Crippen molar-refractivity contribution in [2.24, 2.45) is 0 Å². The van der Waals surface area contributed by atoms with E-state index in [-0.39, 0.29) is 12.5 Å². The van der Waals surface area contributed by atoms with Gasteiger partial charge in [-0.2, -0.15) is 0 Å². The Morgan fingerprint density at radius 1 is 0.893 bits per heavy atom. The van der Waals surface area contributed by atoms with Crippen LogP contribution < -0.4 is 10.6 Å². The van der Waals surface area contributed by atoms with Crippen molar-refractivity contribution in [3.05, 3.63) is 94.2 Å². The topological polar surface area (TPSA) is 67.4 Å². The second-order valence-corrected chi connectivity index (χ2v) is 7.28. The number of alkyl carbamates (subject to hydrolysis) is 1. The molecule has 0 radical (unpaired) electrons. The van der Waals surface area contributed by atoms with Crippen LogP contribution in [0.2, 0.25) is 0 Å². The minimum Gasteiger partial charge on any atom is -0.445 e. The monoisotopic (exact) mass is 394 g/mol. The number of rotatable bonds is 8. The third-order valence-electron chi connectivity index (χ3n) is 4.12. The van der Waals surface area contributed by atoms with E-state index in [9.17, 15) is 9.59 Å². The Morgan fingerprint density at radius 3 is 2.21 bits per heavy atom. The molecule has 0 fully saturated rings. The van der Waals surface area contributed by atoms with Gasteiger partial charge >= 0.3 is 6.09 Å². The Kier molecular flexibility index (Phi) is 7.21. The summed E-state index contributed by atoms with van der Waals surface area (Å²) < 4.78 is 5.27. The number of thiophene rings is 1. The van der Waals surface area contributed by atoms with Crippen molar-refractivity contribution in [3.63, 3.8) is 0 Å². The maximum atomic E-state index is 12.7. The first kappa shape index (κ1) is 19.6. The number of ether oxygens (including phenoxy) is 1. The van der Waals surface area contributed by atoms with Gasteiger partial charge in [0.1, 0.15) is 12.6 Å². The summed E-state index contributed by atoms with van der Waals surface area (Å²) in [5, 5.41) is 7.54. The summed E-state index contributed by atoms with van der Waals surface area (Å²) in [6.07, 6.45) is -0.228. The average molecular weight is 394 g/mol. The molecule has 2 N–H and O–H groups in total. The van der Waals surface area contributed by atoms with Crippen molar-refractivity contribution in [3.8, 4) is 0 Å². The van der Waals surface area contributed by atoms with Gasteiger partial charge in [-0.05, 0) is 22.6 Å². The number of amides is 2. The Morgan fingerprint density at radius 2 is 1.57 bits per heavy atom. The van der Waals surface area contributed by atoms with Crippen molar-refractivity contribution in [2.45, 2.75) is 25.6 Å². The Labute approximate surface area is 168 Å². The molecule has 2 amide bonds. The van der Waals surface area contributed by atoms with Crippen molar-refractivity contribution >= 4 is 23.3 Å². The minimum atomic E-state index is -0.717. The molecule has 0 bridgehead atoms. The van der Waals surface area contributed by atoms with Crippen LogP contribution in [-0.2, 0) is 29.1 Å².